The van der Waals surface area contributed by atoms with Gasteiger partial charge in [0.1, 0.15) is 0 Å². The van der Waals surface area contributed by atoms with Crippen molar-refractivity contribution in [3.05, 3.63) is 24.3 Å². The molecule has 2 aliphatic rings. The van der Waals surface area contributed by atoms with Crippen LogP contribution in [0.3, 0.4) is 0 Å². The molecule has 0 radical (unpaired) electrons. The summed E-state index contributed by atoms with van der Waals surface area (Å²) in [5.41, 5.74) is 0. The summed E-state index contributed by atoms with van der Waals surface area (Å²) >= 11 is 0. The van der Waals surface area contributed by atoms with E-state index in [4.69, 9.17) is 9.47 Å². The predicted octanol–water partition coefficient (Wildman–Crippen LogP) is 1.33. The van der Waals surface area contributed by atoms with Crippen LogP contribution in [-0.2, 0) is 19.1 Å². The maximum Gasteiger partial charge on any atom is 0.310 e. The number of hydrogen-bond donors (Lipinski definition) is 0. The number of fused-ring (bicyclic) bond motifs is 2. The summed E-state index contributed by atoms with van der Waals surface area (Å²) in [6.07, 6.45) is 8.59. The van der Waals surface area contributed by atoms with Crippen molar-refractivity contribution in [2.24, 2.45) is 23.7 Å². The topological polar surface area (TPSA) is 52.6 Å². The third-order valence-corrected chi connectivity index (χ3v) is 3.63. The lowest BCUT2D eigenvalue weighted by Crippen LogP contribution is -2.33. The quantitative estimate of drug-likeness (QED) is 0.679. The molecule has 0 saturated heterocycles. The third-order valence-electron chi connectivity index (χ3n) is 3.63. The summed E-state index contributed by atoms with van der Waals surface area (Å²) in [6, 6.07) is 0. The van der Waals surface area contributed by atoms with Crippen LogP contribution in [0.15, 0.2) is 24.3 Å². The van der Waals surface area contributed by atoms with Crippen molar-refractivity contribution in [3.8, 4) is 0 Å². The third kappa shape index (κ3) is 1.99. The Labute approximate surface area is 100 Å². The van der Waals surface area contributed by atoms with E-state index in [0.29, 0.717) is 0 Å². The molecule has 0 N–H and O–H groups in total. The van der Waals surface area contributed by atoms with Gasteiger partial charge in [0.05, 0.1) is 26.1 Å². The minimum Gasteiger partial charge on any atom is -0.469 e. The summed E-state index contributed by atoms with van der Waals surface area (Å²) in [5.74, 6) is -1.36. The summed E-state index contributed by atoms with van der Waals surface area (Å²) in [4.78, 5) is 23.6. The Morgan fingerprint density at radius 2 is 1.35 bits per heavy atom. The van der Waals surface area contributed by atoms with Gasteiger partial charge in [-0.05, 0) is 18.3 Å². The lowest BCUT2D eigenvalue weighted by Gasteiger charge is -2.21. The highest BCUT2D eigenvalue weighted by molar-refractivity contribution is 5.84. The molecule has 0 aromatic carbocycles. The lowest BCUT2D eigenvalue weighted by molar-refractivity contribution is -0.157. The Morgan fingerprint density at radius 1 is 0.941 bits per heavy atom. The fourth-order valence-electron chi connectivity index (χ4n) is 2.87. The van der Waals surface area contributed by atoms with Gasteiger partial charge in [-0.15, -0.1) is 0 Å². The van der Waals surface area contributed by atoms with Gasteiger partial charge in [0.15, 0.2) is 0 Å². The van der Waals surface area contributed by atoms with Gasteiger partial charge >= 0.3 is 11.9 Å². The molecule has 0 aliphatic heterocycles. The summed E-state index contributed by atoms with van der Waals surface area (Å²) in [7, 11) is 2.71. The van der Waals surface area contributed by atoms with Gasteiger partial charge in [-0.3, -0.25) is 9.59 Å². The van der Waals surface area contributed by atoms with Crippen molar-refractivity contribution in [3.63, 3.8) is 0 Å². The van der Waals surface area contributed by atoms with Gasteiger partial charge in [-0.2, -0.15) is 0 Å². The monoisotopic (exact) mass is 236 g/mol. The highest BCUT2D eigenvalue weighted by atomic mass is 16.5. The van der Waals surface area contributed by atoms with Gasteiger partial charge in [0, 0.05) is 0 Å². The molecule has 1 saturated carbocycles. The SMILES string of the molecule is COC(=O)[C@@H]1[C@H](C(=O)OC)[C@H]2C=CC=C[C@@H]1C2. The number of carbonyl (C=O) groups is 2. The first-order valence-electron chi connectivity index (χ1n) is 5.69. The van der Waals surface area contributed by atoms with Crippen molar-refractivity contribution in [2.45, 2.75) is 6.42 Å². The van der Waals surface area contributed by atoms with E-state index >= 15 is 0 Å². The average Bonchev–Trinajstić information content (AvgIpc) is 2.52. The molecule has 4 atom stereocenters. The molecule has 0 heterocycles. The van der Waals surface area contributed by atoms with Crippen LogP contribution in [0, 0.1) is 23.7 Å². The predicted molar refractivity (Wildman–Crippen MR) is 60.9 cm³/mol. The first-order chi connectivity index (χ1) is 8.19. The molecule has 92 valence electrons. The molecule has 0 spiro atoms. The molecule has 2 bridgehead atoms. The van der Waals surface area contributed by atoms with E-state index in [1.807, 2.05) is 24.3 Å². The van der Waals surface area contributed by atoms with Gasteiger partial charge in [0.25, 0.3) is 0 Å². The fourth-order valence-corrected chi connectivity index (χ4v) is 2.87. The molecule has 2 aliphatic carbocycles. The van der Waals surface area contributed by atoms with Crippen molar-refractivity contribution >= 4 is 11.9 Å². The van der Waals surface area contributed by atoms with Crippen LogP contribution < -0.4 is 0 Å². The maximum absolute atomic E-state index is 11.8. The van der Waals surface area contributed by atoms with E-state index in [-0.39, 0.29) is 23.8 Å². The Kier molecular flexibility index (Phi) is 3.31. The largest absolute Gasteiger partial charge is 0.469 e. The Morgan fingerprint density at radius 3 is 1.71 bits per heavy atom. The van der Waals surface area contributed by atoms with Crippen LogP contribution in [0.1, 0.15) is 6.42 Å². The first-order valence-corrected chi connectivity index (χ1v) is 5.69. The molecular formula is C13H16O4. The molecule has 0 aromatic rings. The molecule has 0 unspecified atom stereocenters. The van der Waals surface area contributed by atoms with Crippen molar-refractivity contribution in [1.29, 1.82) is 0 Å². The van der Waals surface area contributed by atoms with Gasteiger partial charge in [0.2, 0.25) is 0 Å². The number of methoxy groups -OCH3 is 2. The number of carbonyl (C=O) groups excluding carboxylic acids is 2. The molecule has 2 rings (SSSR count). The fraction of sp³-hybridized carbons (Fsp3) is 0.538. The zero-order valence-electron chi connectivity index (χ0n) is 9.96. The van der Waals surface area contributed by atoms with Gasteiger partial charge in [-0.1, -0.05) is 24.3 Å². The second kappa shape index (κ2) is 4.73. The Bertz CT molecular complexity index is 347. The molecule has 4 nitrogen and oxygen atoms in total. The van der Waals surface area contributed by atoms with E-state index in [9.17, 15) is 9.59 Å². The minimum absolute atomic E-state index is 0.0616. The number of ether oxygens (including phenoxy) is 2. The molecule has 1 fully saturated rings. The number of esters is 2. The summed E-state index contributed by atoms with van der Waals surface area (Å²) in [6.45, 7) is 0. The van der Waals surface area contributed by atoms with E-state index in [0.717, 1.165) is 6.42 Å². The normalized spacial score (nSPS) is 34.2. The molecule has 17 heavy (non-hydrogen) atoms. The molecule has 4 heteroatoms. The van der Waals surface area contributed by atoms with E-state index in [1.54, 1.807) is 0 Å². The zero-order chi connectivity index (χ0) is 12.4. The Hall–Kier alpha value is -1.58. The highest BCUT2D eigenvalue weighted by Gasteiger charge is 2.50. The number of hydrogen-bond acceptors (Lipinski definition) is 4. The van der Waals surface area contributed by atoms with Crippen LogP contribution in [-0.4, -0.2) is 26.2 Å². The van der Waals surface area contributed by atoms with E-state index < -0.39 is 11.8 Å². The minimum atomic E-state index is -0.418. The van der Waals surface area contributed by atoms with Crippen LogP contribution >= 0.6 is 0 Å². The van der Waals surface area contributed by atoms with Crippen LogP contribution in [0.2, 0.25) is 0 Å². The first kappa shape index (κ1) is 11.9. The zero-order valence-corrected chi connectivity index (χ0v) is 9.96. The van der Waals surface area contributed by atoms with E-state index in [2.05, 4.69) is 0 Å². The van der Waals surface area contributed by atoms with Crippen LogP contribution in [0.25, 0.3) is 0 Å². The lowest BCUT2D eigenvalue weighted by atomic mass is 9.85. The Balaban J connectivity index is 2.32. The van der Waals surface area contributed by atoms with Gasteiger partial charge < -0.3 is 9.47 Å². The summed E-state index contributed by atoms with van der Waals surface area (Å²) in [5, 5.41) is 0. The smallest absolute Gasteiger partial charge is 0.310 e. The molecule has 0 amide bonds. The number of rotatable bonds is 2. The van der Waals surface area contributed by atoms with Gasteiger partial charge in [-0.25, -0.2) is 0 Å². The average molecular weight is 236 g/mol. The van der Waals surface area contributed by atoms with Crippen LogP contribution in [0.5, 0.6) is 0 Å². The van der Waals surface area contributed by atoms with Crippen LogP contribution in [0.4, 0.5) is 0 Å². The summed E-state index contributed by atoms with van der Waals surface area (Å²) < 4.78 is 9.61. The second-order valence-electron chi connectivity index (χ2n) is 4.43. The van der Waals surface area contributed by atoms with E-state index in [1.165, 1.54) is 14.2 Å². The number of allylic oxidation sites excluding steroid dienone is 4. The molecule has 0 aromatic heterocycles. The highest BCUT2D eigenvalue weighted by Crippen LogP contribution is 2.45. The second-order valence-corrected chi connectivity index (χ2v) is 4.43. The van der Waals surface area contributed by atoms with Crippen molar-refractivity contribution in [1.82, 2.24) is 0 Å². The van der Waals surface area contributed by atoms with Crippen molar-refractivity contribution < 1.29 is 19.1 Å². The standard InChI is InChI=1S/C13H16O4/c1-16-12(14)10-8-5-3-4-6-9(7-8)11(10)13(15)17-2/h3-6,8-11H,7H2,1-2H3/t8-,9+,10+,11-. The maximum atomic E-state index is 11.8. The molecular weight excluding hydrogens is 220 g/mol. The van der Waals surface area contributed by atoms with Crippen molar-refractivity contribution in [2.75, 3.05) is 14.2 Å².